The van der Waals surface area contributed by atoms with Gasteiger partial charge < -0.3 is 4.90 Å². The van der Waals surface area contributed by atoms with Crippen molar-refractivity contribution in [1.82, 2.24) is 19.7 Å². The Morgan fingerprint density at radius 1 is 0.981 bits per heavy atom. The standard InChI is InChI=1S/C40H34F4N8/c41-35-26(7-15-48-38(35)40(42,43)44)21-27-5-6-30-29-4-2-1-3-25(29)22-32(30)37(27)50-18-10-28(11-19-50)51-23-39(24-51,13-14-45)52-20-12-34(49-52)36-31-8-16-46-33(31)9-17-47-36/h1-8,12,15-17,20,28H,9-11,13,18-19,21-24H2. The highest BCUT2D eigenvalue weighted by Crippen LogP contribution is 2.45. The number of benzene rings is 2. The number of rotatable bonds is 7. The number of piperidine rings is 1. The van der Waals surface area contributed by atoms with E-state index in [4.69, 9.17) is 5.10 Å². The molecule has 1 aliphatic carbocycles. The van der Waals surface area contributed by atoms with Crippen molar-refractivity contribution in [2.45, 2.75) is 56.3 Å². The van der Waals surface area contributed by atoms with Crippen molar-refractivity contribution >= 4 is 23.3 Å². The molecule has 52 heavy (non-hydrogen) atoms. The first-order chi connectivity index (χ1) is 25.2. The highest BCUT2D eigenvalue weighted by molar-refractivity contribution is 6.17. The summed E-state index contributed by atoms with van der Waals surface area (Å²) in [6, 6.07) is 18.2. The number of alkyl halides is 3. The van der Waals surface area contributed by atoms with Gasteiger partial charge in [-0.15, -0.1) is 0 Å². The average Bonchev–Trinajstić information content (AvgIpc) is 3.89. The van der Waals surface area contributed by atoms with Crippen molar-refractivity contribution in [3.8, 4) is 17.2 Å². The number of aromatic nitrogens is 3. The van der Waals surface area contributed by atoms with Gasteiger partial charge in [0.2, 0.25) is 0 Å². The number of fused-ring (bicyclic) bond motifs is 4. The molecule has 0 bridgehead atoms. The van der Waals surface area contributed by atoms with Crippen LogP contribution in [0.3, 0.4) is 0 Å². The third-order valence-electron chi connectivity index (χ3n) is 11.2. The van der Waals surface area contributed by atoms with E-state index in [0.29, 0.717) is 38.4 Å². The van der Waals surface area contributed by atoms with Crippen LogP contribution >= 0.6 is 0 Å². The molecule has 0 saturated carbocycles. The summed E-state index contributed by atoms with van der Waals surface area (Å²) in [5.74, 6) is -1.32. The molecule has 4 aliphatic heterocycles. The molecule has 4 aromatic rings. The zero-order valence-electron chi connectivity index (χ0n) is 28.2. The van der Waals surface area contributed by atoms with Gasteiger partial charge in [0.1, 0.15) is 11.2 Å². The van der Waals surface area contributed by atoms with Crippen LogP contribution in [0.2, 0.25) is 0 Å². The van der Waals surface area contributed by atoms with Gasteiger partial charge in [-0.25, -0.2) is 9.37 Å². The minimum Gasteiger partial charge on any atom is -0.371 e. The molecule has 8 nitrogen and oxygen atoms in total. The second kappa shape index (κ2) is 12.4. The summed E-state index contributed by atoms with van der Waals surface area (Å²) < 4.78 is 57.9. The lowest BCUT2D eigenvalue weighted by atomic mass is 9.83. The van der Waals surface area contributed by atoms with Crippen LogP contribution in [0.25, 0.3) is 16.8 Å². The predicted molar refractivity (Wildman–Crippen MR) is 191 cm³/mol. The van der Waals surface area contributed by atoms with Crippen molar-refractivity contribution in [1.29, 1.82) is 5.26 Å². The van der Waals surface area contributed by atoms with E-state index in [0.717, 1.165) is 82.7 Å². The quantitative estimate of drug-likeness (QED) is 0.166. The summed E-state index contributed by atoms with van der Waals surface area (Å²) in [7, 11) is 0. The van der Waals surface area contributed by atoms with E-state index >= 15 is 4.39 Å². The lowest BCUT2D eigenvalue weighted by Crippen LogP contribution is -2.66. The van der Waals surface area contributed by atoms with Gasteiger partial charge in [-0.3, -0.25) is 19.6 Å². The molecule has 0 unspecified atom stereocenters. The number of nitrogens with zero attached hydrogens (tertiary/aromatic N) is 8. The zero-order chi connectivity index (χ0) is 35.6. The van der Waals surface area contributed by atoms with E-state index in [1.807, 2.05) is 53.5 Å². The smallest absolute Gasteiger partial charge is 0.371 e. The fourth-order valence-corrected chi connectivity index (χ4v) is 8.67. The number of hydrogen-bond donors (Lipinski definition) is 0. The van der Waals surface area contributed by atoms with Gasteiger partial charge >= 0.3 is 6.18 Å². The van der Waals surface area contributed by atoms with Gasteiger partial charge in [-0.05, 0) is 64.4 Å². The molecule has 0 atom stereocenters. The van der Waals surface area contributed by atoms with Crippen LogP contribution in [0, 0.1) is 17.1 Å². The zero-order valence-corrected chi connectivity index (χ0v) is 28.2. The summed E-state index contributed by atoms with van der Waals surface area (Å²) in [6.07, 6.45) is 7.28. The molecule has 12 heteroatoms. The number of hydrogen-bond acceptors (Lipinski definition) is 7. The van der Waals surface area contributed by atoms with Gasteiger partial charge in [0.25, 0.3) is 0 Å². The van der Waals surface area contributed by atoms with Crippen molar-refractivity contribution in [2.24, 2.45) is 9.98 Å². The number of anilines is 1. The number of nitriles is 1. The topological polar surface area (TPSA) is 85.7 Å². The third-order valence-corrected chi connectivity index (χ3v) is 11.2. The molecule has 0 radical (unpaired) electrons. The Bertz CT molecular complexity index is 2260. The maximum absolute atomic E-state index is 15.2. The molecule has 2 aromatic carbocycles. The van der Waals surface area contributed by atoms with E-state index in [9.17, 15) is 18.4 Å². The Morgan fingerprint density at radius 2 is 1.81 bits per heavy atom. The maximum atomic E-state index is 15.2. The number of likely N-dealkylation sites (tertiary alicyclic amines) is 1. The van der Waals surface area contributed by atoms with Crippen LogP contribution in [0.5, 0.6) is 0 Å². The molecule has 0 N–H and O–H groups in total. The highest BCUT2D eigenvalue weighted by atomic mass is 19.4. The Balaban J connectivity index is 0.950. The van der Waals surface area contributed by atoms with Crippen molar-refractivity contribution in [2.75, 3.05) is 31.1 Å². The lowest BCUT2D eigenvalue weighted by molar-refractivity contribution is -0.143. The van der Waals surface area contributed by atoms with Crippen molar-refractivity contribution in [3.63, 3.8) is 0 Å². The molecule has 0 amide bonds. The fraction of sp³-hybridized carbons (Fsp3) is 0.325. The van der Waals surface area contributed by atoms with Crippen molar-refractivity contribution < 1.29 is 17.6 Å². The molecule has 2 fully saturated rings. The third kappa shape index (κ3) is 5.37. The summed E-state index contributed by atoms with van der Waals surface area (Å²) in [5.41, 5.74) is 8.04. The molecule has 6 heterocycles. The van der Waals surface area contributed by atoms with Gasteiger partial charge in [0.15, 0.2) is 11.5 Å². The maximum Gasteiger partial charge on any atom is 0.436 e. The fourth-order valence-electron chi connectivity index (χ4n) is 8.67. The normalized spacial score (nSPS) is 19.3. The monoisotopic (exact) mass is 702 g/mol. The van der Waals surface area contributed by atoms with Crippen LogP contribution in [-0.4, -0.2) is 63.8 Å². The summed E-state index contributed by atoms with van der Waals surface area (Å²) >= 11 is 0. The van der Waals surface area contributed by atoms with Gasteiger partial charge in [0, 0.05) is 87.6 Å². The van der Waals surface area contributed by atoms with E-state index < -0.39 is 23.2 Å². The Labute approximate surface area is 298 Å². The van der Waals surface area contributed by atoms with E-state index in [1.165, 1.54) is 11.6 Å². The lowest BCUT2D eigenvalue weighted by Gasteiger charge is -2.54. The molecular formula is C40H34F4N8. The van der Waals surface area contributed by atoms with Gasteiger partial charge in [-0.2, -0.15) is 23.5 Å². The summed E-state index contributed by atoms with van der Waals surface area (Å²) in [6.45, 7) is 2.91. The van der Waals surface area contributed by atoms with E-state index in [2.05, 4.69) is 43.0 Å². The average molecular weight is 703 g/mol. The minimum atomic E-state index is -4.87. The summed E-state index contributed by atoms with van der Waals surface area (Å²) in [4.78, 5) is 17.2. The van der Waals surface area contributed by atoms with E-state index in [1.54, 1.807) is 6.20 Å². The molecule has 0 spiro atoms. The Hall–Kier alpha value is -5.41. The van der Waals surface area contributed by atoms with Crippen LogP contribution in [-0.2, 0) is 24.6 Å². The van der Waals surface area contributed by atoms with E-state index in [-0.39, 0.29) is 12.0 Å². The van der Waals surface area contributed by atoms with Gasteiger partial charge in [-0.1, -0.05) is 36.4 Å². The largest absolute Gasteiger partial charge is 0.436 e. The van der Waals surface area contributed by atoms with Crippen LogP contribution in [0.4, 0.5) is 23.2 Å². The first-order valence-electron chi connectivity index (χ1n) is 17.6. The molecule has 9 rings (SSSR count). The summed E-state index contributed by atoms with van der Waals surface area (Å²) in [5, 5.41) is 14.8. The highest BCUT2D eigenvalue weighted by Gasteiger charge is 2.48. The van der Waals surface area contributed by atoms with Crippen LogP contribution in [0.15, 0.2) is 88.8 Å². The number of halogens is 4. The van der Waals surface area contributed by atoms with Crippen LogP contribution in [0.1, 0.15) is 59.3 Å². The number of aliphatic imine (C=N–C) groups is 2. The number of allylic oxidation sites excluding steroid dienone is 2. The number of pyridine rings is 1. The predicted octanol–water partition coefficient (Wildman–Crippen LogP) is 7.35. The van der Waals surface area contributed by atoms with Crippen LogP contribution < -0.4 is 4.90 Å². The first-order valence-corrected chi connectivity index (χ1v) is 17.6. The SMILES string of the molecule is N#CCC1(n2ccc(C3=C4C=CN=C4CC=N3)n2)CN(C2CCN(c3c(Cc4ccnc(C(F)(F)F)c4F)ccc4c3Cc3ccccc3-4)CC2)C1. The molecule has 2 aromatic heterocycles. The van der Waals surface area contributed by atoms with Crippen molar-refractivity contribution in [3.05, 3.63) is 118 Å². The molecule has 262 valence electrons. The minimum absolute atomic E-state index is 0.0225. The molecule has 5 aliphatic rings. The molecular weight excluding hydrogens is 668 g/mol. The second-order valence-electron chi connectivity index (χ2n) is 14.2. The second-order valence-corrected chi connectivity index (χ2v) is 14.2. The Morgan fingerprint density at radius 3 is 2.62 bits per heavy atom. The Kier molecular flexibility index (Phi) is 7.73. The first kappa shape index (κ1) is 32.5. The molecule has 2 saturated heterocycles. The van der Waals surface area contributed by atoms with Gasteiger partial charge in [0.05, 0.1) is 23.9 Å².